The molecule has 0 saturated carbocycles. The molecule has 1 aromatic heterocycles. The first kappa shape index (κ1) is 19.2. The van der Waals surface area contributed by atoms with Gasteiger partial charge in [0.2, 0.25) is 0 Å². The highest BCUT2D eigenvalue weighted by atomic mass is 35.5. The molecule has 2 aromatic rings. The normalized spacial score (nSPS) is 13.2. The average Bonchev–Trinajstić information content (AvgIpc) is 2.68. The highest BCUT2D eigenvalue weighted by molar-refractivity contribution is 6.12. The average molecular weight is 361 g/mol. The van der Waals surface area contributed by atoms with Gasteiger partial charge in [-0.3, -0.25) is 4.79 Å². The molecule has 3 rings (SSSR count). The zero-order chi connectivity index (χ0) is 17.1. The third kappa shape index (κ3) is 3.94. The van der Waals surface area contributed by atoms with Crippen LogP contribution in [0.1, 0.15) is 30.6 Å². The summed E-state index contributed by atoms with van der Waals surface area (Å²) in [5.41, 5.74) is 2.58. The molecular weight excluding hydrogens is 336 g/mol. The molecule has 0 fully saturated rings. The predicted molar refractivity (Wildman–Crippen MR) is 105 cm³/mol. The van der Waals surface area contributed by atoms with Gasteiger partial charge in [-0.05, 0) is 37.2 Å². The molecule has 1 aliphatic heterocycles. The molecule has 5 nitrogen and oxygen atoms in total. The fraction of sp³-hybridized carbons (Fsp3) is 0.368. The fourth-order valence-electron chi connectivity index (χ4n) is 3.01. The van der Waals surface area contributed by atoms with Gasteiger partial charge in [0.1, 0.15) is 5.82 Å². The van der Waals surface area contributed by atoms with E-state index in [1.807, 2.05) is 37.4 Å². The molecule has 1 aromatic carbocycles. The maximum atomic E-state index is 12.8. The van der Waals surface area contributed by atoms with Gasteiger partial charge in [0.05, 0.1) is 16.9 Å². The van der Waals surface area contributed by atoms with Gasteiger partial charge in [-0.15, -0.1) is 12.4 Å². The molecule has 1 aliphatic rings. The minimum atomic E-state index is -0.0200. The van der Waals surface area contributed by atoms with Gasteiger partial charge < -0.3 is 15.1 Å². The van der Waals surface area contributed by atoms with Gasteiger partial charge >= 0.3 is 0 Å². The maximum Gasteiger partial charge on any atom is 0.261 e. The summed E-state index contributed by atoms with van der Waals surface area (Å²) in [7, 11) is 1.82. The van der Waals surface area contributed by atoms with Crippen molar-refractivity contribution in [3.05, 3.63) is 48.2 Å². The molecule has 0 saturated heterocycles. The number of anilines is 3. The number of carbonyl (C=O) groups excluding carboxylic acids is 1. The van der Waals surface area contributed by atoms with Gasteiger partial charge in [-0.25, -0.2) is 4.98 Å². The van der Waals surface area contributed by atoms with Gasteiger partial charge in [0.15, 0.2) is 0 Å². The quantitative estimate of drug-likeness (QED) is 0.827. The minimum absolute atomic E-state index is 0. The van der Waals surface area contributed by atoms with Crippen LogP contribution in [0.25, 0.3) is 0 Å². The molecule has 0 spiro atoms. The van der Waals surface area contributed by atoms with Crippen molar-refractivity contribution >= 4 is 35.5 Å². The number of nitrogens with zero attached hydrogens (tertiary/aromatic N) is 3. The molecule has 6 heteroatoms. The van der Waals surface area contributed by atoms with Crippen molar-refractivity contribution in [3.8, 4) is 0 Å². The Morgan fingerprint density at radius 1 is 1.12 bits per heavy atom. The van der Waals surface area contributed by atoms with Crippen LogP contribution in [0.2, 0.25) is 0 Å². The molecule has 2 heterocycles. The van der Waals surface area contributed by atoms with Crippen molar-refractivity contribution in [2.45, 2.75) is 26.3 Å². The van der Waals surface area contributed by atoms with Gasteiger partial charge in [0.25, 0.3) is 5.91 Å². The number of para-hydroxylation sites is 2. The molecule has 1 amide bonds. The number of benzene rings is 1. The lowest BCUT2D eigenvalue weighted by molar-refractivity contribution is 0.0994. The summed E-state index contributed by atoms with van der Waals surface area (Å²) in [5.74, 6) is 0.720. The van der Waals surface area contributed by atoms with E-state index in [0.717, 1.165) is 36.7 Å². The van der Waals surface area contributed by atoms with E-state index in [2.05, 4.69) is 35.1 Å². The minimum Gasteiger partial charge on any atom is -0.324 e. The SMILES string of the molecule is CC(C)NCCCN1c2ccccc2N(C)C(=O)c2cccnc21.Cl. The largest absolute Gasteiger partial charge is 0.324 e. The summed E-state index contributed by atoms with van der Waals surface area (Å²) in [4.78, 5) is 21.2. The summed E-state index contributed by atoms with van der Waals surface area (Å²) < 4.78 is 0. The molecule has 0 radical (unpaired) electrons. The number of aromatic nitrogens is 1. The van der Waals surface area contributed by atoms with E-state index >= 15 is 0 Å². The Balaban J connectivity index is 0.00000225. The van der Waals surface area contributed by atoms with Crippen LogP contribution in [0.5, 0.6) is 0 Å². The topological polar surface area (TPSA) is 48.5 Å². The smallest absolute Gasteiger partial charge is 0.261 e. The van der Waals surface area contributed by atoms with Crippen molar-refractivity contribution in [2.75, 3.05) is 29.9 Å². The number of hydrogen-bond acceptors (Lipinski definition) is 4. The van der Waals surface area contributed by atoms with Crippen LogP contribution >= 0.6 is 12.4 Å². The van der Waals surface area contributed by atoms with Gasteiger partial charge in [0, 0.05) is 25.8 Å². The highest BCUT2D eigenvalue weighted by Gasteiger charge is 2.29. The zero-order valence-corrected chi connectivity index (χ0v) is 15.7. The van der Waals surface area contributed by atoms with E-state index in [0.29, 0.717) is 11.6 Å². The Kier molecular flexibility index (Phi) is 6.39. The molecule has 0 unspecified atom stereocenters. The number of pyridine rings is 1. The number of carbonyl (C=O) groups is 1. The standard InChI is InChI=1S/C19H24N4O.ClH/c1-14(2)20-12-7-13-23-17-10-5-4-9-16(17)22(3)19(24)15-8-6-11-21-18(15)23;/h4-6,8-11,14,20H,7,12-13H2,1-3H3;1H. The lowest BCUT2D eigenvalue weighted by Gasteiger charge is -2.25. The van der Waals surface area contributed by atoms with E-state index in [1.165, 1.54) is 0 Å². The maximum absolute atomic E-state index is 12.8. The summed E-state index contributed by atoms with van der Waals surface area (Å²) in [5, 5.41) is 3.44. The summed E-state index contributed by atoms with van der Waals surface area (Å²) >= 11 is 0. The van der Waals surface area contributed by atoms with Crippen molar-refractivity contribution < 1.29 is 4.79 Å². The Hall–Kier alpha value is -2.11. The Bertz CT molecular complexity index is 735. The molecule has 25 heavy (non-hydrogen) atoms. The third-order valence-corrected chi connectivity index (χ3v) is 4.22. The van der Waals surface area contributed by atoms with Crippen LogP contribution in [0.4, 0.5) is 17.2 Å². The van der Waals surface area contributed by atoms with Gasteiger partial charge in [-0.2, -0.15) is 0 Å². The second-order valence-electron chi connectivity index (χ2n) is 6.34. The fourth-order valence-corrected chi connectivity index (χ4v) is 3.01. The highest BCUT2D eigenvalue weighted by Crippen LogP contribution is 2.38. The molecular formula is C19H25ClN4O. The number of halogens is 1. The van der Waals surface area contributed by atoms with Crippen LogP contribution < -0.4 is 15.1 Å². The number of fused-ring (bicyclic) bond motifs is 2. The summed E-state index contributed by atoms with van der Waals surface area (Å²) in [6, 6.07) is 12.2. The number of amides is 1. The van der Waals surface area contributed by atoms with Crippen LogP contribution in [0, 0.1) is 0 Å². The van der Waals surface area contributed by atoms with Crippen molar-refractivity contribution in [3.63, 3.8) is 0 Å². The Morgan fingerprint density at radius 3 is 2.56 bits per heavy atom. The second kappa shape index (κ2) is 8.32. The lowest BCUT2D eigenvalue weighted by atomic mass is 10.2. The molecule has 0 atom stereocenters. The summed E-state index contributed by atoms with van der Waals surface area (Å²) in [6.07, 6.45) is 2.72. The van der Waals surface area contributed by atoms with E-state index in [-0.39, 0.29) is 18.3 Å². The molecule has 0 bridgehead atoms. The van der Waals surface area contributed by atoms with Crippen LogP contribution in [-0.4, -0.2) is 37.1 Å². The first-order valence-corrected chi connectivity index (χ1v) is 8.42. The van der Waals surface area contributed by atoms with E-state index < -0.39 is 0 Å². The van der Waals surface area contributed by atoms with Crippen LogP contribution in [-0.2, 0) is 0 Å². The van der Waals surface area contributed by atoms with Crippen molar-refractivity contribution in [1.29, 1.82) is 0 Å². The second-order valence-corrected chi connectivity index (χ2v) is 6.34. The van der Waals surface area contributed by atoms with Crippen LogP contribution in [0.3, 0.4) is 0 Å². The lowest BCUT2D eigenvalue weighted by Crippen LogP contribution is -2.28. The summed E-state index contributed by atoms with van der Waals surface area (Å²) in [6.45, 7) is 6.03. The first-order chi connectivity index (χ1) is 11.6. The zero-order valence-electron chi connectivity index (χ0n) is 14.9. The Morgan fingerprint density at radius 2 is 1.84 bits per heavy atom. The number of nitrogens with one attached hydrogen (secondary N) is 1. The first-order valence-electron chi connectivity index (χ1n) is 8.42. The van der Waals surface area contributed by atoms with Crippen LogP contribution in [0.15, 0.2) is 42.6 Å². The number of hydrogen-bond donors (Lipinski definition) is 1. The Labute approximate surface area is 155 Å². The van der Waals surface area contributed by atoms with E-state index in [9.17, 15) is 4.79 Å². The molecule has 1 N–H and O–H groups in total. The third-order valence-electron chi connectivity index (χ3n) is 4.22. The van der Waals surface area contributed by atoms with Crippen molar-refractivity contribution in [1.82, 2.24) is 10.3 Å². The molecule has 0 aliphatic carbocycles. The van der Waals surface area contributed by atoms with E-state index in [4.69, 9.17) is 0 Å². The van der Waals surface area contributed by atoms with Gasteiger partial charge in [-0.1, -0.05) is 26.0 Å². The predicted octanol–water partition coefficient (Wildman–Crippen LogP) is 3.62. The molecule has 134 valence electrons. The monoisotopic (exact) mass is 360 g/mol. The van der Waals surface area contributed by atoms with E-state index in [1.54, 1.807) is 11.1 Å². The number of rotatable bonds is 5. The van der Waals surface area contributed by atoms with Crippen molar-refractivity contribution in [2.24, 2.45) is 0 Å².